The number of anilines is 1. The molecule has 2 unspecified atom stereocenters. The van der Waals surface area contributed by atoms with Crippen LogP contribution in [-0.4, -0.2) is 81.7 Å². The Labute approximate surface area is 195 Å². The molecule has 13 nitrogen and oxygen atoms in total. The van der Waals surface area contributed by atoms with Crippen LogP contribution in [0.1, 0.15) is 19.5 Å². The highest BCUT2D eigenvalue weighted by atomic mass is 32.2. The second-order valence-electron chi connectivity index (χ2n) is 6.85. The lowest BCUT2D eigenvalue weighted by Gasteiger charge is -2.49. The molecule has 0 saturated carbocycles. The van der Waals surface area contributed by atoms with E-state index in [1.807, 2.05) is 0 Å². The number of oxime groups is 1. The lowest BCUT2D eigenvalue weighted by atomic mass is 10.0. The summed E-state index contributed by atoms with van der Waals surface area (Å²) in [5.74, 6) is -2.58. The van der Waals surface area contributed by atoms with E-state index in [0.717, 1.165) is 11.3 Å². The maximum atomic E-state index is 12.9. The van der Waals surface area contributed by atoms with Crippen molar-refractivity contribution >= 4 is 57.7 Å². The maximum Gasteiger partial charge on any atom is 0.358 e. The first kappa shape index (κ1) is 24.5. The summed E-state index contributed by atoms with van der Waals surface area (Å²) in [6.45, 7) is 2.61. The van der Waals surface area contributed by atoms with Gasteiger partial charge >= 0.3 is 11.9 Å². The number of hydrogen-bond acceptors (Lipinski definition) is 13. The predicted molar refractivity (Wildman–Crippen MR) is 116 cm³/mol. The van der Waals surface area contributed by atoms with Crippen molar-refractivity contribution in [3.05, 3.63) is 22.3 Å². The highest BCUT2D eigenvalue weighted by Crippen LogP contribution is 2.40. The molecule has 2 amide bonds. The fourth-order valence-corrected chi connectivity index (χ4v) is 5.12. The van der Waals surface area contributed by atoms with E-state index in [1.54, 1.807) is 0 Å². The molecule has 33 heavy (non-hydrogen) atoms. The number of carbonyl (C=O) groups excluding carboxylic acids is 4. The Hall–Kier alpha value is -3.17. The van der Waals surface area contributed by atoms with Gasteiger partial charge in [-0.25, -0.2) is 9.78 Å². The summed E-state index contributed by atoms with van der Waals surface area (Å²) in [4.78, 5) is 54.5. The Bertz CT molecular complexity index is 1040. The van der Waals surface area contributed by atoms with Gasteiger partial charge in [-0.15, -0.1) is 23.1 Å². The second kappa shape index (κ2) is 10.2. The first-order valence-electron chi connectivity index (χ1n) is 9.46. The maximum absolute atomic E-state index is 12.9. The van der Waals surface area contributed by atoms with Crippen LogP contribution in [0.5, 0.6) is 0 Å². The van der Waals surface area contributed by atoms with Crippen LogP contribution in [0.4, 0.5) is 5.13 Å². The van der Waals surface area contributed by atoms with Gasteiger partial charge in [0.05, 0.1) is 6.61 Å². The van der Waals surface area contributed by atoms with E-state index in [4.69, 9.17) is 19.9 Å². The molecule has 1 fully saturated rings. The van der Waals surface area contributed by atoms with E-state index in [2.05, 4.69) is 15.5 Å². The van der Waals surface area contributed by atoms with Gasteiger partial charge < -0.3 is 30.5 Å². The lowest BCUT2D eigenvalue weighted by molar-refractivity contribution is -0.182. The van der Waals surface area contributed by atoms with Gasteiger partial charge in [0, 0.05) is 32.1 Å². The summed E-state index contributed by atoms with van der Waals surface area (Å²) in [6.07, 6.45) is -1.17. The molecular formula is C18H21N5O8S2. The third-order valence-electron chi connectivity index (χ3n) is 4.53. The van der Waals surface area contributed by atoms with Crippen LogP contribution in [0.15, 0.2) is 21.8 Å². The molecule has 1 aromatic rings. The van der Waals surface area contributed by atoms with Gasteiger partial charge in [0.25, 0.3) is 11.8 Å². The molecule has 1 saturated heterocycles. The normalized spacial score (nSPS) is 21.1. The quantitative estimate of drug-likeness (QED) is 0.106. The number of nitrogens with one attached hydrogen (secondary N) is 1. The molecule has 2 aliphatic heterocycles. The summed E-state index contributed by atoms with van der Waals surface area (Å²) in [5, 5.41) is 15.7. The van der Waals surface area contributed by atoms with Gasteiger partial charge in [0.2, 0.25) is 6.29 Å². The van der Waals surface area contributed by atoms with E-state index in [0.29, 0.717) is 11.3 Å². The molecule has 0 aromatic carbocycles. The van der Waals surface area contributed by atoms with Crippen LogP contribution in [0.2, 0.25) is 0 Å². The summed E-state index contributed by atoms with van der Waals surface area (Å²) < 4.78 is 15.1. The predicted octanol–water partition coefficient (Wildman–Crippen LogP) is -0.344. The summed E-state index contributed by atoms with van der Waals surface area (Å²) in [5.41, 5.74) is 5.68. The van der Waals surface area contributed by atoms with Gasteiger partial charge in [0.1, 0.15) is 22.8 Å². The number of rotatable bonds is 8. The summed E-state index contributed by atoms with van der Waals surface area (Å²) in [7, 11) is 1.44. The number of thiazole rings is 1. The second-order valence-corrected chi connectivity index (χ2v) is 8.84. The monoisotopic (exact) mass is 499 g/mol. The first-order valence-corrected chi connectivity index (χ1v) is 11.4. The third-order valence-corrected chi connectivity index (χ3v) is 6.54. The smallest absolute Gasteiger partial charge is 0.358 e. The molecule has 178 valence electrons. The number of nitrogens with zero attached hydrogens (tertiary/aromatic N) is 3. The van der Waals surface area contributed by atoms with Gasteiger partial charge in [-0.05, 0) is 5.57 Å². The Kier molecular flexibility index (Phi) is 7.55. The molecule has 2 aliphatic rings. The largest absolute Gasteiger partial charge is 0.426 e. The van der Waals surface area contributed by atoms with Crippen molar-refractivity contribution in [2.75, 3.05) is 25.2 Å². The number of nitrogen functional groups attached to an aromatic ring is 1. The number of fused-ring (bicyclic) bond motifs is 1. The highest BCUT2D eigenvalue weighted by molar-refractivity contribution is 8.00. The zero-order valence-electron chi connectivity index (χ0n) is 17.8. The molecule has 0 radical (unpaired) electrons. The molecule has 3 heterocycles. The third kappa shape index (κ3) is 5.09. The van der Waals surface area contributed by atoms with E-state index in [1.165, 1.54) is 43.0 Å². The van der Waals surface area contributed by atoms with Crippen LogP contribution < -0.4 is 11.1 Å². The molecule has 3 atom stereocenters. The number of ether oxygens (including phenoxy) is 3. The molecule has 4 N–H and O–H groups in total. The Morgan fingerprint density at radius 2 is 2.15 bits per heavy atom. The zero-order valence-corrected chi connectivity index (χ0v) is 19.4. The number of β-lactam (4-membered cyclic amide) rings is 1. The minimum atomic E-state index is -1.17. The van der Waals surface area contributed by atoms with Gasteiger partial charge in [-0.1, -0.05) is 5.16 Å². The molecule has 0 bridgehead atoms. The van der Waals surface area contributed by atoms with Crippen molar-refractivity contribution in [2.45, 2.75) is 31.6 Å². The lowest BCUT2D eigenvalue weighted by Crippen LogP contribution is -2.71. The van der Waals surface area contributed by atoms with Crippen molar-refractivity contribution in [2.24, 2.45) is 5.16 Å². The summed E-state index contributed by atoms with van der Waals surface area (Å²) in [6, 6.07) is -0.993. The van der Waals surface area contributed by atoms with Crippen LogP contribution >= 0.6 is 23.1 Å². The number of nitrogens with two attached hydrogens (primary N) is 1. The standard InChI is InChI=1S/C18H21N5O8S2/c1-7(24)30-8(2)31-17(27)13-9(4-29-3)5-32-16-12(15(26)23(13)16)21-14(25)11(22-28)10-6-33-18(19)20-10/h6,8,12,16,28H,4-5H2,1-3H3,(H2,19,20)(H,21,25)/t8?,12?,16-/m0/s1. The number of esters is 2. The molecule has 15 heteroatoms. The molecule has 1 aromatic heterocycles. The van der Waals surface area contributed by atoms with E-state index >= 15 is 0 Å². The first-order chi connectivity index (χ1) is 15.7. The number of aromatic nitrogens is 1. The van der Waals surface area contributed by atoms with Crippen molar-refractivity contribution in [3.63, 3.8) is 0 Å². The highest BCUT2D eigenvalue weighted by Gasteiger charge is 2.54. The Morgan fingerprint density at radius 3 is 2.73 bits per heavy atom. The number of thioether (sulfide) groups is 1. The van der Waals surface area contributed by atoms with E-state index in [9.17, 15) is 24.4 Å². The summed E-state index contributed by atoms with van der Waals surface area (Å²) >= 11 is 2.36. The SMILES string of the molecule is COCC1=C(C(=O)OC(C)OC(C)=O)N2C(=O)C(NC(=O)C(=NO)c3csc(N)n3)[C@@H]2SC1. The zero-order chi connectivity index (χ0) is 24.3. The Balaban J connectivity index is 1.77. The fourth-order valence-electron chi connectivity index (χ4n) is 3.24. The van der Waals surface area contributed by atoms with E-state index in [-0.39, 0.29) is 23.1 Å². The van der Waals surface area contributed by atoms with Gasteiger partial charge in [-0.2, -0.15) is 0 Å². The van der Waals surface area contributed by atoms with Gasteiger partial charge in [0.15, 0.2) is 10.8 Å². The van der Waals surface area contributed by atoms with E-state index < -0.39 is 47.2 Å². The van der Waals surface area contributed by atoms with Crippen LogP contribution in [0.3, 0.4) is 0 Å². The number of amides is 2. The van der Waals surface area contributed by atoms with Crippen molar-refractivity contribution in [3.8, 4) is 0 Å². The molecule has 3 rings (SSSR count). The molecule has 0 aliphatic carbocycles. The minimum absolute atomic E-state index is 0.0292. The molecular weight excluding hydrogens is 478 g/mol. The fraction of sp³-hybridized carbons (Fsp3) is 0.444. The number of hydrogen-bond donors (Lipinski definition) is 3. The number of carbonyl (C=O) groups is 4. The van der Waals surface area contributed by atoms with Crippen molar-refractivity contribution in [1.29, 1.82) is 0 Å². The van der Waals surface area contributed by atoms with Gasteiger partial charge in [-0.3, -0.25) is 19.3 Å². The van der Waals surface area contributed by atoms with Crippen molar-refractivity contribution in [1.82, 2.24) is 15.2 Å². The number of methoxy groups -OCH3 is 1. The topological polar surface area (TPSA) is 183 Å². The molecule has 0 spiro atoms. The van der Waals surface area contributed by atoms with Crippen LogP contribution in [0.25, 0.3) is 0 Å². The average molecular weight is 500 g/mol. The minimum Gasteiger partial charge on any atom is -0.426 e. The van der Waals surface area contributed by atoms with Crippen LogP contribution in [-0.2, 0) is 33.4 Å². The average Bonchev–Trinajstić information content (AvgIpc) is 3.17. The Morgan fingerprint density at radius 1 is 1.42 bits per heavy atom. The van der Waals surface area contributed by atoms with Crippen LogP contribution in [0, 0.1) is 0 Å². The van der Waals surface area contributed by atoms with Crippen molar-refractivity contribution < 1.29 is 38.6 Å².